The molecule has 0 atom stereocenters. The maximum atomic E-state index is 5.73. The molecule has 1 rings (SSSR count). The van der Waals surface area contributed by atoms with Crippen molar-refractivity contribution >= 4 is 22.9 Å². The van der Waals surface area contributed by atoms with E-state index >= 15 is 0 Å². The van der Waals surface area contributed by atoms with Crippen molar-refractivity contribution < 1.29 is 9.47 Å². The van der Waals surface area contributed by atoms with Gasteiger partial charge >= 0.3 is 0 Å². The highest BCUT2D eigenvalue weighted by atomic mass is 35.5. The second-order valence-electron chi connectivity index (χ2n) is 2.32. The van der Waals surface area contributed by atoms with Crippen LogP contribution in [-0.2, 0) is 15.3 Å². The number of hydrogen-bond donors (Lipinski definition) is 0. The highest BCUT2D eigenvalue weighted by molar-refractivity contribution is 7.15. The minimum Gasteiger partial charge on any atom is -0.348 e. The van der Waals surface area contributed by atoms with Gasteiger partial charge in [0, 0.05) is 14.2 Å². The summed E-state index contributed by atoms with van der Waals surface area (Å²) in [6, 6.07) is 0. The predicted molar refractivity (Wildman–Crippen MR) is 48.5 cm³/mol. The van der Waals surface area contributed by atoms with Gasteiger partial charge in [0.05, 0.1) is 6.20 Å². The molecule has 12 heavy (non-hydrogen) atoms. The minimum atomic E-state index is -0.780. The lowest BCUT2D eigenvalue weighted by Crippen LogP contribution is -2.26. The first-order chi connectivity index (χ1) is 5.62. The van der Waals surface area contributed by atoms with Gasteiger partial charge in [-0.05, 0) is 6.92 Å². The van der Waals surface area contributed by atoms with E-state index in [-0.39, 0.29) is 0 Å². The maximum absolute atomic E-state index is 5.73. The van der Waals surface area contributed by atoms with Crippen LogP contribution in [0.15, 0.2) is 6.20 Å². The van der Waals surface area contributed by atoms with E-state index in [0.717, 1.165) is 5.01 Å². The van der Waals surface area contributed by atoms with Crippen LogP contribution < -0.4 is 0 Å². The predicted octanol–water partition coefficient (Wildman–Crippen LogP) is 2.26. The minimum absolute atomic E-state index is 0.630. The van der Waals surface area contributed by atoms with E-state index in [0.29, 0.717) is 4.34 Å². The molecule has 0 N–H and O–H groups in total. The zero-order valence-corrected chi connectivity index (χ0v) is 8.70. The van der Waals surface area contributed by atoms with Crippen LogP contribution in [0.5, 0.6) is 0 Å². The van der Waals surface area contributed by atoms with Crippen molar-refractivity contribution in [3.05, 3.63) is 15.5 Å². The van der Waals surface area contributed by atoms with E-state index in [1.54, 1.807) is 27.3 Å². The average molecular weight is 208 g/mol. The van der Waals surface area contributed by atoms with Gasteiger partial charge in [-0.1, -0.05) is 11.6 Å². The van der Waals surface area contributed by atoms with Crippen LogP contribution in [0.1, 0.15) is 11.9 Å². The van der Waals surface area contributed by atoms with Crippen LogP contribution in [0, 0.1) is 0 Å². The molecule has 0 amide bonds. The summed E-state index contributed by atoms with van der Waals surface area (Å²) in [4.78, 5) is 4.07. The zero-order valence-electron chi connectivity index (χ0n) is 7.13. The summed E-state index contributed by atoms with van der Waals surface area (Å²) in [5.41, 5.74) is 0. The quantitative estimate of drug-likeness (QED) is 0.713. The summed E-state index contributed by atoms with van der Waals surface area (Å²) in [5.74, 6) is -0.780. The van der Waals surface area contributed by atoms with E-state index in [4.69, 9.17) is 21.1 Å². The monoisotopic (exact) mass is 207 g/mol. The largest absolute Gasteiger partial charge is 0.348 e. The first kappa shape index (κ1) is 9.92. The Labute approximate surface area is 80.3 Å². The number of methoxy groups -OCH3 is 2. The summed E-state index contributed by atoms with van der Waals surface area (Å²) in [5, 5.41) is 0.720. The molecule has 0 aliphatic carbocycles. The SMILES string of the molecule is COC(C)(OC)c1ncc(Cl)s1. The lowest BCUT2D eigenvalue weighted by molar-refractivity contribution is -0.201. The number of thiazole rings is 1. The molecule has 0 aliphatic heterocycles. The lowest BCUT2D eigenvalue weighted by Gasteiger charge is -2.23. The molecule has 68 valence electrons. The van der Waals surface area contributed by atoms with Gasteiger partial charge in [-0.15, -0.1) is 11.3 Å². The zero-order chi connectivity index (χ0) is 9.19. The number of halogens is 1. The Bertz CT molecular complexity index is 260. The van der Waals surface area contributed by atoms with Crippen LogP contribution in [0.3, 0.4) is 0 Å². The Balaban J connectivity index is 2.94. The molecule has 0 aromatic carbocycles. The van der Waals surface area contributed by atoms with Gasteiger partial charge in [-0.2, -0.15) is 0 Å². The van der Waals surface area contributed by atoms with Crippen molar-refractivity contribution in [1.29, 1.82) is 0 Å². The number of ether oxygens (including phenoxy) is 2. The summed E-state index contributed by atoms with van der Waals surface area (Å²) in [6.45, 7) is 1.79. The molecule has 0 fully saturated rings. The Morgan fingerprint density at radius 1 is 1.50 bits per heavy atom. The highest BCUT2D eigenvalue weighted by Crippen LogP contribution is 2.30. The summed E-state index contributed by atoms with van der Waals surface area (Å²) in [7, 11) is 3.14. The molecule has 1 aromatic rings. The molecule has 0 spiro atoms. The molecule has 0 radical (unpaired) electrons. The van der Waals surface area contributed by atoms with Crippen molar-refractivity contribution in [2.75, 3.05) is 14.2 Å². The lowest BCUT2D eigenvalue weighted by atomic mass is 10.3. The van der Waals surface area contributed by atoms with E-state index < -0.39 is 5.79 Å². The standard InChI is InChI=1S/C7H10ClNO2S/c1-7(10-2,11-3)6-9-4-5(8)12-6/h4H,1-3H3. The number of rotatable bonds is 3. The second kappa shape index (κ2) is 3.70. The third-order valence-corrected chi connectivity index (χ3v) is 2.94. The number of aromatic nitrogens is 1. The fraction of sp³-hybridized carbons (Fsp3) is 0.571. The van der Waals surface area contributed by atoms with Gasteiger partial charge < -0.3 is 9.47 Å². The van der Waals surface area contributed by atoms with Crippen LogP contribution >= 0.6 is 22.9 Å². The summed E-state index contributed by atoms with van der Waals surface area (Å²) < 4.78 is 10.9. The normalized spacial score (nSPS) is 12.0. The first-order valence-corrected chi connectivity index (χ1v) is 4.54. The third-order valence-electron chi connectivity index (χ3n) is 1.65. The molecule has 0 saturated heterocycles. The van der Waals surface area contributed by atoms with Crippen LogP contribution in [0.2, 0.25) is 4.34 Å². The summed E-state index contributed by atoms with van der Waals surface area (Å²) in [6.07, 6.45) is 1.58. The van der Waals surface area contributed by atoms with Crippen LogP contribution in [-0.4, -0.2) is 19.2 Å². The Morgan fingerprint density at radius 3 is 2.42 bits per heavy atom. The van der Waals surface area contributed by atoms with E-state index in [2.05, 4.69) is 4.98 Å². The topological polar surface area (TPSA) is 31.4 Å². The highest BCUT2D eigenvalue weighted by Gasteiger charge is 2.29. The smallest absolute Gasteiger partial charge is 0.218 e. The van der Waals surface area contributed by atoms with Crippen molar-refractivity contribution in [2.45, 2.75) is 12.7 Å². The second-order valence-corrected chi connectivity index (χ2v) is 3.99. The van der Waals surface area contributed by atoms with E-state index in [1.807, 2.05) is 0 Å². The van der Waals surface area contributed by atoms with Crippen molar-refractivity contribution in [2.24, 2.45) is 0 Å². The Morgan fingerprint density at radius 2 is 2.08 bits per heavy atom. The van der Waals surface area contributed by atoms with E-state index in [1.165, 1.54) is 11.3 Å². The molecular weight excluding hydrogens is 198 g/mol. The van der Waals surface area contributed by atoms with Gasteiger partial charge in [0.25, 0.3) is 0 Å². The van der Waals surface area contributed by atoms with Gasteiger partial charge in [-0.3, -0.25) is 0 Å². The third kappa shape index (κ3) is 1.77. The summed E-state index contributed by atoms with van der Waals surface area (Å²) >= 11 is 7.07. The molecule has 1 heterocycles. The van der Waals surface area contributed by atoms with Crippen molar-refractivity contribution in [3.8, 4) is 0 Å². The molecule has 5 heteroatoms. The van der Waals surface area contributed by atoms with Gasteiger partial charge in [0.2, 0.25) is 5.79 Å². The number of hydrogen-bond acceptors (Lipinski definition) is 4. The van der Waals surface area contributed by atoms with Gasteiger partial charge in [0.15, 0.2) is 5.01 Å². The molecule has 0 aliphatic rings. The van der Waals surface area contributed by atoms with Crippen LogP contribution in [0.25, 0.3) is 0 Å². The Hall–Kier alpha value is -0.160. The molecular formula is C7H10ClNO2S. The molecule has 1 aromatic heterocycles. The fourth-order valence-electron chi connectivity index (χ4n) is 0.722. The molecule has 0 bridgehead atoms. The van der Waals surface area contributed by atoms with Crippen molar-refractivity contribution in [1.82, 2.24) is 4.98 Å². The maximum Gasteiger partial charge on any atom is 0.218 e. The fourth-order valence-corrected chi connectivity index (χ4v) is 1.74. The molecule has 0 unspecified atom stereocenters. The van der Waals surface area contributed by atoms with Gasteiger partial charge in [-0.25, -0.2) is 4.98 Å². The first-order valence-electron chi connectivity index (χ1n) is 3.34. The van der Waals surface area contributed by atoms with Crippen LogP contribution in [0.4, 0.5) is 0 Å². The Kier molecular flexibility index (Phi) is 3.06. The molecule has 3 nitrogen and oxygen atoms in total. The van der Waals surface area contributed by atoms with E-state index in [9.17, 15) is 0 Å². The van der Waals surface area contributed by atoms with Crippen molar-refractivity contribution in [3.63, 3.8) is 0 Å². The molecule has 0 saturated carbocycles. The average Bonchev–Trinajstić information content (AvgIpc) is 2.51. The van der Waals surface area contributed by atoms with Gasteiger partial charge in [0.1, 0.15) is 4.34 Å². The number of nitrogens with zero attached hydrogens (tertiary/aromatic N) is 1.